The number of ether oxygens (including phenoxy) is 1. The van der Waals surface area contributed by atoms with Crippen molar-refractivity contribution in [3.05, 3.63) is 47.9 Å². The molecule has 1 aliphatic rings. The van der Waals surface area contributed by atoms with E-state index < -0.39 is 0 Å². The van der Waals surface area contributed by atoms with E-state index in [0.717, 1.165) is 31.6 Å². The first-order chi connectivity index (χ1) is 10.7. The van der Waals surface area contributed by atoms with E-state index in [0.29, 0.717) is 17.9 Å². The van der Waals surface area contributed by atoms with Crippen molar-refractivity contribution < 1.29 is 9.13 Å². The van der Waals surface area contributed by atoms with Crippen molar-refractivity contribution in [2.24, 2.45) is 0 Å². The van der Waals surface area contributed by atoms with Crippen molar-refractivity contribution >= 4 is 5.95 Å². The number of hydrogen-bond donors (Lipinski definition) is 1. The summed E-state index contributed by atoms with van der Waals surface area (Å²) in [5.74, 6) is 0.950. The Balaban J connectivity index is 1.54. The second-order valence-corrected chi connectivity index (χ2v) is 5.41. The summed E-state index contributed by atoms with van der Waals surface area (Å²) in [6, 6.07) is 8.71. The monoisotopic (exact) mass is 302 g/mol. The molecule has 0 saturated carbocycles. The van der Waals surface area contributed by atoms with Gasteiger partial charge in [0.1, 0.15) is 5.82 Å². The molecule has 0 spiro atoms. The fraction of sp³-hybridized carbons (Fsp3) is 0.375. The second kappa shape index (κ2) is 6.70. The molecular weight excluding hydrogens is 283 g/mol. The van der Waals surface area contributed by atoms with Crippen molar-refractivity contribution in [3.8, 4) is 5.88 Å². The van der Waals surface area contributed by atoms with Crippen LogP contribution in [0.5, 0.6) is 5.88 Å². The lowest BCUT2D eigenvalue weighted by molar-refractivity contribution is 0.328. The highest BCUT2D eigenvalue weighted by molar-refractivity contribution is 5.29. The molecule has 5 nitrogen and oxygen atoms in total. The van der Waals surface area contributed by atoms with Crippen LogP contribution in [-0.2, 0) is 6.54 Å². The number of methoxy groups -OCH3 is 1. The molecule has 1 saturated heterocycles. The summed E-state index contributed by atoms with van der Waals surface area (Å²) in [5, 5.41) is 3.34. The lowest BCUT2D eigenvalue weighted by Crippen LogP contribution is -2.26. The molecule has 1 aromatic carbocycles. The maximum Gasteiger partial charge on any atom is 0.226 e. The van der Waals surface area contributed by atoms with Crippen molar-refractivity contribution in [2.45, 2.75) is 19.0 Å². The van der Waals surface area contributed by atoms with Crippen LogP contribution in [0.25, 0.3) is 0 Å². The topological polar surface area (TPSA) is 50.3 Å². The van der Waals surface area contributed by atoms with Crippen LogP contribution in [0.15, 0.2) is 36.5 Å². The largest absolute Gasteiger partial charge is 0.481 e. The molecule has 1 aromatic heterocycles. The molecule has 116 valence electrons. The van der Waals surface area contributed by atoms with Gasteiger partial charge in [0.15, 0.2) is 0 Å². The van der Waals surface area contributed by atoms with E-state index in [4.69, 9.17) is 4.74 Å². The number of hydrogen-bond acceptors (Lipinski definition) is 5. The first-order valence-corrected chi connectivity index (χ1v) is 7.33. The maximum absolute atomic E-state index is 12.9. The van der Waals surface area contributed by atoms with Gasteiger partial charge in [-0.3, -0.25) is 4.90 Å². The Morgan fingerprint density at radius 2 is 2.14 bits per heavy atom. The SMILES string of the molecule is COc1ccnc(NC2CCN(Cc3ccc(F)cc3)C2)n1. The zero-order valence-corrected chi connectivity index (χ0v) is 12.5. The van der Waals surface area contributed by atoms with Gasteiger partial charge in [0, 0.05) is 37.9 Å². The molecule has 0 radical (unpaired) electrons. The van der Waals surface area contributed by atoms with E-state index in [1.54, 1.807) is 19.4 Å². The number of nitrogens with zero attached hydrogens (tertiary/aromatic N) is 3. The summed E-state index contributed by atoms with van der Waals surface area (Å²) in [4.78, 5) is 10.8. The van der Waals surface area contributed by atoms with E-state index in [1.165, 1.54) is 12.1 Å². The van der Waals surface area contributed by atoms with Crippen molar-refractivity contribution in [1.82, 2.24) is 14.9 Å². The molecule has 0 bridgehead atoms. The summed E-state index contributed by atoms with van der Waals surface area (Å²) in [5.41, 5.74) is 1.12. The number of halogens is 1. The number of rotatable bonds is 5. The van der Waals surface area contributed by atoms with Crippen LogP contribution >= 0.6 is 0 Å². The first-order valence-electron chi connectivity index (χ1n) is 7.33. The van der Waals surface area contributed by atoms with Crippen LogP contribution < -0.4 is 10.1 Å². The van der Waals surface area contributed by atoms with Crippen LogP contribution in [0.3, 0.4) is 0 Å². The Kier molecular flexibility index (Phi) is 4.48. The smallest absolute Gasteiger partial charge is 0.226 e. The van der Waals surface area contributed by atoms with Crippen molar-refractivity contribution in [1.29, 1.82) is 0 Å². The number of likely N-dealkylation sites (tertiary alicyclic amines) is 1. The molecule has 1 unspecified atom stereocenters. The van der Waals surface area contributed by atoms with Crippen molar-refractivity contribution in [3.63, 3.8) is 0 Å². The first kappa shape index (κ1) is 14.7. The highest BCUT2D eigenvalue weighted by Crippen LogP contribution is 2.17. The Bertz CT molecular complexity index is 620. The minimum absolute atomic E-state index is 0.195. The number of aromatic nitrogens is 2. The average molecular weight is 302 g/mol. The quantitative estimate of drug-likeness (QED) is 0.918. The molecule has 3 rings (SSSR count). The van der Waals surface area contributed by atoms with Gasteiger partial charge < -0.3 is 10.1 Å². The Morgan fingerprint density at radius 3 is 2.91 bits per heavy atom. The van der Waals surface area contributed by atoms with Crippen LogP contribution in [0, 0.1) is 5.82 Å². The van der Waals surface area contributed by atoms with E-state index in [-0.39, 0.29) is 5.82 Å². The minimum atomic E-state index is -0.195. The molecule has 2 heterocycles. The molecule has 1 aliphatic heterocycles. The van der Waals surface area contributed by atoms with E-state index >= 15 is 0 Å². The zero-order chi connectivity index (χ0) is 15.4. The fourth-order valence-electron chi connectivity index (χ4n) is 2.65. The third kappa shape index (κ3) is 3.71. The molecule has 1 atom stereocenters. The normalized spacial score (nSPS) is 18.4. The van der Waals surface area contributed by atoms with Crippen LogP contribution in [0.1, 0.15) is 12.0 Å². The number of benzene rings is 1. The van der Waals surface area contributed by atoms with Gasteiger partial charge in [-0.15, -0.1) is 0 Å². The van der Waals surface area contributed by atoms with Gasteiger partial charge in [-0.25, -0.2) is 9.37 Å². The highest BCUT2D eigenvalue weighted by atomic mass is 19.1. The Hall–Kier alpha value is -2.21. The summed E-state index contributed by atoms with van der Waals surface area (Å²) in [6.45, 7) is 2.74. The van der Waals surface area contributed by atoms with E-state index in [2.05, 4.69) is 20.2 Å². The molecule has 1 fully saturated rings. The van der Waals surface area contributed by atoms with E-state index in [1.807, 2.05) is 12.1 Å². The molecule has 1 N–H and O–H groups in total. The predicted octanol–water partition coefficient (Wildman–Crippen LogP) is 2.31. The van der Waals surface area contributed by atoms with Crippen LogP contribution in [-0.4, -0.2) is 41.1 Å². The standard InChI is InChI=1S/C16H19FN4O/c1-22-15-6-8-18-16(20-15)19-14-7-9-21(11-14)10-12-2-4-13(17)5-3-12/h2-6,8,14H,7,9-11H2,1H3,(H,18,19,20). The highest BCUT2D eigenvalue weighted by Gasteiger charge is 2.23. The van der Waals surface area contributed by atoms with Gasteiger partial charge in [0.2, 0.25) is 11.8 Å². The average Bonchev–Trinajstić information content (AvgIpc) is 2.97. The molecule has 2 aromatic rings. The molecular formula is C16H19FN4O. The van der Waals surface area contributed by atoms with E-state index in [9.17, 15) is 4.39 Å². The molecule has 0 amide bonds. The van der Waals surface area contributed by atoms with Gasteiger partial charge in [-0.05, 0) is 24.1 Å². The van der Waals surface area contributed by atoms with Gasteiger partial charge in [-0.2, -0.15) is 4.98 Å². The van der Waals surface area contributed by atoms with Gasteiger partial charge >= 0.3 is 0 Å². The maximum atomic E-state index is 12.9. The molecule has 22 heavy (non-hydrogen) atoms. The summed E-state index contributed by atoms with van der Waals surface area (Å²) >= 11 is 0. The third-order valence-electron chi connectivity index (χ3n) is 3.76. The minimum Gasteiger partial charge on any atom is -0.481 e. The summed E-state index contributed by atoms with van der Waals surface area (Å²) in [6.07, 6.45) is 2.71. The summed E-state index contributed by atoms with van der Waals surface area (Å²) in [7, 11) is 1.59. The second-order valence-electron chi connectivity index (χ2n) is 5.41. The molecule has 0 aliphatic carbocycles. The van der Waals surface area contributed by atoms with Crippen molar-refractivity contribution in [2.75, 3.05) is 25.5 Å². The lowest BCUT2D eigenvalue weighted by Gasteiger charge is -2.17. The van der Waals surface area contributed by atoms with Gasteiger partial charge in [0.25, 0.3) is 0 Å². The van der Waals surface area contributed by atoms with Gasteiger partial charge in [0.05, 0.1) is 7.11 Å². The Morgan fingerprint density at radius 1 is 1.32 bits per heavy atom. The molecule has 6 heteroatoms. The Labute approximate surface area is 129 Å². The summed E-state index contributed by atoms with van der Waals surface area (Å²) < 4.78 is 18.0. The third-order valence-corrected chi connectivity index (χ3v) is 3.76. The zero-order valence-electron chi connectivity index (χ0n) is 12.5. The predicted molar refractivity (Wildman–Crippen MR) is 82.3 cm³/mol. The fourth-order valence-corrected chi connectivity index (χ4v) is 2.65. The number of nitrogens with one attached hydrogen (secondary N) is 1. The van der Waals surface area contributed by atoms with Crippen LogP contribution in [0.4, 0.5) is 10.3 Å². The lowest BCUT2D eigenvalue weighted by atomic mass is 10.2. The van der Waals surface area contributed by atoms with Gasteiger partial charge in [-0.1, -0.05) is 12.1 Å². The number of anilines is 1. The van der Waals surface area contributed by atoms with Crippen LogP contribution in [0.2, 0.25) is 0 Å².